The van der Waals surface area contributed by atoms with Crippen molar-refractivity contribution in [2.24, 2.45) is 0 Å². The van der Waals surface area contributed by atoms with Crippen LogP contribution >= 0.6 is 0 Å². The van der Waals surface area contributed by atoms with Gasteiger partial charge in [-0.2, -0.15) is 0 Å². The van der Waals surface area contributed by atoms with E-state index in [1.54, 1.807) is 41.6 Å². The topological polar surface area (TPSA) is 80.0 Å². The number of carbonyl (C=O) groups excluding carboxylic acids is 1. The Bertz CT molecular complexity index is 818. The molecule has 2 unspecified atom stereocenters. The van der Waals surface area contributed by atoms with Crippen molar-refractivity contribution in [2.45, 2.75) is 25.5 Å². The van der Waals surface area contributed by atoms with Crippen LogP contribution in [0.4, 0.5) is 0 Å². The van der Waals surface area contributed by atoms with Crippen LogP contribution in [0.2, 0.25) is 0 Å². The summed E-state index contributed by atoms with van der Waals surface area (Å²) in [5, 5.41) is 13.2. The van der Waals surface area contributed by atoms with E-state index in [0.29, 0.717) is 17.8 Å². The summed E-state index contributed by atoms with van der Waals surface area (Å²) in [6.07, 6.45) is 6.46. The molecular formula is C19H20N4O2. The van der Waals surface area contributed by atoms with Gasteiger partial charge in [0.25, 0.3) is 5.91 Å². The average molecular weight is 336 g/mol. The molecule has 6 heteroatoms. The highest BCUT2D eigenvalue weighted by molar-refractivity contribution is 5.94. The molecule has 0 radical (unpaired) electrons. The second-order valence-electron chi connectivity index (χ2n) is 5.91. The van der Waals surface area contributed by atoms with Gasteiger partial charge in [0, 0.05) is 30.2 Å². The summed E-state index contributed by atoms with van der Waals surface area (Å²) in [7, 11) is 0. The molecule has 0 aliphatic rings. The van der Waals surface area contributed by atoms with Crippen LogP contribution in [-0.2, 0) is 0 Å². The lowest BCUT2D eigenvalue weighted by Crippen LogP contribution is -2.33. The van der Waals surface area contributed by atoms with E-state index in [2.05, 4.69) is 15.3 Å². The van der Waals surface area contributed by atoms with Gasteiger partial charge in [0.2, 0.25) is 0 Å². The van der Waals surface area contributed by atoms with Crippen LogP contribution in [0.15, 0.2) is 67.4 Å². The smallest absolute Gasteiger partial charge is 0.251 e. The highest BCUT2D eigenvalue weighted by Gasteiger charge is 2.15. The second-order valence-corrected chi connectivity index (χ2v) is 5.91. The minimum Gasteiger partial charge on any atom is -0.388 e. The first-order chi connectivity index (χ1) is 12.1. The predicted molar refractivity (Wildman–Crippen MR) is 94.3 cm³/mol. The SMILES string of the molecule is CC(CC(O)c1ccccc1)NC(=O)c1ccnc(-n2ccnc2)c1. The van der Waals surface area contributed by atoms with Gasteiger partial charge in [-0.25, -0.2) is 9.97 Å². The maximum Gasteiger partial charge on any atom is 0.251 e. The summed E-state index contributed by atoms with van der Waals surface area (Å²) in [5.74, 6) is 0.429. The number of nitrogens with one attached hydrogen (secondary N) is 1. The summed E-state index contributed by atoms with van der Waals surface area (Å²) < 4.78 is 1.74. The number of hydrogen-bond donors (Lipinski definition) is 2. The number of pyridine rings is 1. The molecule has 0 aliphatic carbocycles. The Hall–Kier alpha value is -2.99. The van der Waals surface area contributed by atoms with Crippen molar-refractivity contribution in [3.63, 3.8) is 0 Å². The Morgan fingerprint density at radius 3 is 2.76 bits per heavy atom. The van der Waals surface area contributed by atoms with Crippen LogP contribution in [0.1, 0.15) is 35.4 Å². The van der Waals surface area contributed by atoms with E-state index in [4.69, 9.17) is 0 Å². The highest BCUT2D eigenvalue weighted by Crippen LogP contribution is 2.18. The summed E-state index contributed by atoms with van der Waals surface area (Å²) in [6.45, 7) is 1.88. The number of carbonyl (C=O) groups is 1. The van der Waals surface area contributed by atoms with Crippen molar-refractivity contribution in [2.75, 3.05) is 0 Å². The number of aliphatic hydroxyl groups is 1. The molecule has 0 bridgehead atoms. The molecule has 0 saturated carbocycles. The van der Waals surface area contributed by atoms with Gasteiger partial charge < -0.3 is 10.4 Å². The zero-order valence-corrected chi connectivity index (χ0v) is 13.9. The van der Waals surface area contributed by atoms with E-state index < -0.39 is 6.10 Å². The molecule has 2 heterocycles. The van der Waals surface area contributed by atoms with Crippen molar-refractivity contribution < 1.29 is 9.90 Å². The summed E-state index contributed by atoms with van der Waals surface area (Å²) in [6, 6.07) is 12.6. The van der Waals surface area contributed by atoms with Gasteiger partial charge in [0.1, 0.15) is 12.1 Å². The lowest BCUT2D eigenvalue weighted by Gasteiger charge is -2.18. The fraction of sp³-hybridized carbons (Fsp3) is 0.211. The van der Waals surface area contributed by atoms with Gasteiger partial charge in [0.05, 0.1) is 6.10 Å². The molecular weight excluding hydrogens is 316 g/mol. The molecule has 1 amide bonds. The number of rotatable bonds is 6. The lowest BCUT2D eigenvalue weighted by atomic mass is 10.0. The lowest BCUT2D eigenvalue weighted by molar-refractivity contribution is 0.0917. The van der Waals surface area contributed by atoms with Crippen molar-refractivity contribution in [3.05, 3.63) is 78.5 Å². The van der Waals surface area contributed by atoms with Gasteiger partial charge in [-0.05, 0) is 31.0 Å². The summed E-state index contributed by atoms with van der Waals surface area (Å²) in [5.41, 5.74) is 1.36. The van der Waals surface area contributed by atoms with Crippen LogP contribution in [-0.4, -0.2) is 31.6 Å². The first-order valence-electron chi connectivity index (χ1n) is 8.12. The maximum atomic E-state index is 12.4. The minimum absolute atomic E-state index is 0.174. The number of amides is 1. The molecule has 6 nitrogen and oxygen atoms in total. The largest absolute Gasteiger partial charge is 0.388 e. The first kappa shape index (κ1) is 16.9. The highest BCUT2D eigenvalue weighted by atomic mass is 16.3. The van der Waals surface area contributed by atoms with Gasteiger partial charge in [0.15, 0.2) is 0 Å². The Balaban J connectivity index is 1.63. The monoisotopic (exact) mass is 336 g/mol. The Kier molecular flexibility index (Phi) is 5.20. The van der Waals surface area contributed by atoms with E-state index in [1.165, 1.54) is 0 Å². The van der Waals surface area contributed by atoms with Gasteiger partial charge >= 0.3 is 0 Å². The molecule has 0 spiro atoms. The van der Waals surface area contributed by atoms with E-state index in [0.717, 1.165) is 5.56 Å². The molecule has 2 atom stereocenters. The quantitative estimate of drug-likeness (QED) is 0.725. The van der Waals surface area contributed by atoms with Gasteiger partial charge in [-0.3, -0.25) is 9.36 Å². The fourth-order valence-electron chi connectivity index (χ4n) is 2.61. The van der Waals surface area contributed by atoms with Crippen molar-refractivity contribution in [1.82, 2.24) is 19.9 Å². The van der Waals surface area contributed by atoms with Crippen molar-refractivity contribution >= 4 is 5.91 Å². The molecule has 128 valence electrons. The van der Waals surface area contributed by atoms with Crippen molar-refractivity contribution in [1.29, 1.82) is 0 Å². The minimum atomic E-state index is -0.615. The first-order valence-corrected chi connectivity index (χ1v) is 8.12. The maximum absolute atomic E-state index is 12.4. The average Bonchev–Trinajstić information content (AvgIpc) is 3.17. The standard InChI is InChI=1S/C19H20N4O2/c1-14(11-17(24)15-5-3-2-4-6-15)22-19(25)16-7-8-21-18(12-16)23-10-9-20-13-23/h2-10,12-14,17,24H,11H2,1H3,(H,22,25). The number of aliphatic hydroxyl groups excluding tert-OH is 1. The van der Waals surface area contributed by atoms with Gasteiger partial charge in [-0.1, -0.05) is 30.3 Å². The molecule has 0 aliphatic heterocycles. The van der Waals surface area contributed by atoms with E-state index in [-0.39, 0.29) is 11.9 Å². The van der Waals surface area contributed by atoms with Gasteiger partial charge in [-0.15, -0.1) is 0 Å². The van der Waals surface area contributed by atoms with E-state index >= 15 is 0 Å². The number of benzene rings is 1. The molecule has 3 rings (SSSR count). The van der Waals surface area contributed by atoms with Crippen LogP contribution in [0, 0.1) is 0 Å². The van der Waals surface area contributed by atoms with E-state index in [1.807, 2.05) is 37.3 Å². The van der Waals surface area contributed by atoms with Crippen LogP contribution in [0.5, 0.6) is 0 Å². The summed E-state index contributed by atoms with van der Waals surface area (Å²) in [4.78, 5) is 20.7. The van der Waals surface area contributed by atoms with Crippen LogP contribution in [0.25, 0.3) is 5.82 Å². The molecule has 2 N–H and O–H groups in total. The fourth-order valence-corrected chi connectivity index (χ4v) is 2.61. The molecule has 2 aromatic heterocycles. The molecule has 0 saturated heterocycles. The Labute approximate surface area is 146 Å². The van der Waals surface area contributed by atoms with Crippen LogP contribution in [0.3, 0.4) is 0 Å². The third-order valence-electron chi connectivity index (χ3n) is 3.92. The molecule has 0 fully saturated rings. The number of imidazole rings is 1. The second kappa shape index (κ2) is 7.72. The molecule has 1 aromatic carbocycles. The Morgan fingerprint density at radius 1 is 1.24 bits per heavy atom. The number of aromatic nitrogens is 3. The third kappa shape index (κ3) is 4.30. The summed E-state index contributed by atoms with van der Waals surface area (Å²) >= 11 is 0. The van der Waals surface area contributed by atoms with E-state index in [9.17, 15) is 9.90 Å². The number of hydrogen-bond acceptors (Lipinski definition) is 4. The van der Waals surface area contributed by atoms with Crippen LogP contribution < -0.4 is 5.32 Å². The third-order valence-corrected chi connectivity index (χ3v) is 3.92. The normalized spacial score (nSPS) is 13.2. The Morgan fingerprint density at radius 2 is 2.04 bits per heavy atom. The molecule has 25 heavy (non-hydrogen) atoms. The predicted octanol–water partition coefficient (Wildman–Crippen LogP) is 2.51. The number of nitrogens with zero attached hydrogens (tertiary/aromatic N) is 3. The zero-order valence-electron chi connectivity index (χ0n) is 13.9. The molecule has 3 aromatic rings. The van der Waals surface area contributed by atoms with Crippen molar-refractivity contribution in [3.8, 4) is 5.82 Å². The zero-order chi connectivity index (χ0) is 17.6.